The average molecular weight is 289 g/mol. The first kappa shape index (κ1) is 15.1. The minimum Gasteiger partial charge on any atom is -0.543 e. The van der Waals surface area contributed by atoms with E-state index in [0.717, 1.165) is 11.9 Å². The molecule has 112 valence electrons. The third-order valence-electron chi connectivity index (χ3n) is 3.30. The van der Waals surface area contributed by atoms with Crippen molar-refractivity contribution < 1.29 is 19.6 Å². The lowest BCUT2D eigenvalue weighted by Gasteiger charge is -2.09. The van der Waals surface area contributed by atoms with Gasteiger partial charge in [0.2, 0.25) is 5.91 Å². The minimum atomic E-state index is -1.30. The van der Waals surface area contributed by atoms with E-state index in [2.05, 4.69) is 10.3 Å². The Morgan fingerprint density at radius 1 is 1.29 bits per heavy atom. The summed E-state index contributed by atoms with van der Waals surface area (Å²) in [5.41, 5.74) is 1.14. The number of hydrogen-bond acceptors (Lipinski definition) is 3. The molecule has 3 N–H and O–H groups in total. The Kier molecular flexibility index (Phi) is 4.59. The fraction of sp³-hybridized carbons (Fsp3) is 0.333. The molecule has 0 aliphatic carbocycles. The van der Waals surface area contributed by atoms with Gasteiger partial charge in [-0.05, 0) is 11.6 Å². The zero-order valence-electron chi connectivity index (χ0n) is 12.2. The second kappa shape index (κ2) is 6.41. The van der Waals surface area contributed by atoms with Crippen LogP contribution in [0.15, 0.2) is 24.3 Å². The van der Waals surface area contributed by atoms with Crippen LogP contribution in [-0.4, -0.2) is 44.0 Å². The van der Waals surface area contributed by atoms with Gasteiger partial charge in [-0.1, -0.05) is 18.2 Å². The summed E-state index contributed by atoms with van der Waals surface area (Å²) in [6, 6.07) is 7.19. The number of carbonyl (C=O) groups is 2. The van der Waals surface area contributed by atoms with Crippen LogP contribution in [0.3, 0.4) is 0 Å². The quantitative estimate of drug-likeness (QED) is 0.594. The summed E-state index contributed by atoms with van der Waals surface area (Å²) in [5, 5.41) is 14.7. The van der Waals surface area contributed by atoms with E-state index in [9.17, 15) is 14.7 Å². The number of carboxylic acids is 1. The summed E-state index contributed by atoms with van der Waals surface area (Å²) in [6.07, 6.45) is 0.0239. The lowest BCUT2D eigenvalue weighted by molar-refractivity contribution is -0.856. The van der Waals surface area contributed by atoms with Crippen molar-refractivity contribution in [3.63, 3.8) is 0 Å². The Balaban J connectivity index is 2.18. The average Bonchev–Trinajstić information content (AvgIpc) is 2.77. The van der Waals surface area contributed by atoms with Crippen LogP contribution in [0.25, 0.3) is 10.9 Å². The smallest absolute Gasteiger partial charge is 0.224 e. The molecule has 0 bridgehead atoms. The Morgan fingerprint density at radius 2 is 2.00 bits per heavy atom. The standard InChI is InChI=1S/C15H19N3O3/c1-18(2)8-7-16-13(19)9-11-10-5-3-4-6-12(10)17-14(11)15(20)21/h3-6,17H,7-9H2,1-2H3,(H,16,19)(H,20,21). The van der Waals surface area contributed by atoms with Crippen LogP contribution in [0.2, 0.25) is 0 Å². The summed E-state index contributed by atoms with van der Waals surface area (Å²) in [7, 11) is 4.00. The van der Waals surface area contributed by atoms with Crippen LogP contribution in [-0.2, 0) is 11.2 Å². The van der Waals surface area contributed by atoms with Crippen LogP contribution < -0.4 is 15.3 Å². The number of H-pyrrole nitrogens is 1. The molecule has 0 aliphatic heterocycles. The van der Waals surface area contributed by atoms with Crippen LogP contribution in [0.5, 0.6) is 0 Å². The molecule has 2 aromatic rings. The number of nitrogens with one attached hydrogen (secondary N) is 3. The van der Waals surface area contributed by atoms with Crippen molar-refractivity contribution in [1.29, 1.82) is 0 Å². The molecule has 0 saturated carbocycles. The first-order valence-electron chi connectivity index (χ1n) is 6.85. The van der Waals surface area contributed by atoms with E-state index in [1.165, 1.54) is 4.90 Å². The highest BCUT2D eigenvalue weighted by Crippen LogP contribution is 2.22. The van der Waals surface area contributed by atoms with Crippen molar-refractivity contribution in [2.75, 3.05) is 27.2 Å². The Bertz CT molecular complexity index is 661. The van der Waals surface area contributed by atoms with E-state index in [-0.39, 0.29) is 18.0 Å². The summed E-state index contributed by atoms with van der Waals surface area (Å²) in [4.78, 5) is 27.2. The first-order valence-corrected chi connectivity index (χ1v) is 6.85. The van der Waals surface area contributed by atoms with Crippen LogP contribution >= 0.6 is 0 Å². The first-order chi connectivity index (χ1) is 9.99. The molecule has 0 saturated heterocycles. The minimum absolute atomic E-state index is 0.0235. The molecule has 2 rings (SSSR count). The third-order valence-corrected chi connectivity index (χ3v) is 3.30. The predicted octanol–water partition coefficient (Wildman–Crippen LogP) is -1.67. The highest BCUT2D eigenvalue weighted by Gasteiger charge is 2.15. The summed E-state index contributed by atoms with van der Waals surface area (Å²) in [6.45, 7) is 1.37. The van der Waals surface area contributed by atoms with Gasteiger partial charge in [0.15, 0.2) is 0 Å². The number of amides is 1. The summed E-state index contributed by atoms with van der Waals surface area (Å²) in [5.74, 6) is -1.49. The molecule has 0 radical (unpaired) electrons. The molecule has 0 unspecified atom stereocenters. The molecule has 0 spiro atoms. The Morgan fingerprint density at radius 3 is 2.67 bits per heavy atom. The number of carbonyl (C=O) groups excluding carboxylic acids is 2. The maximum atomic E-state index is 12.0. The third kappa shape index (κ3) is 3.61. The van der Waals surface area contributed by atoms with Gasteiger partial charge >= 0.3 is 0 Å². The van der Waals surface area contributed by atoms with Gasteiger partial charge in [0, 0.05) is 10.9 Å². The van der Waals surface area contributed by atoms with Gasteiger partial charge in [-0.2, -0.15) is 0 Å². The molecule has 1 amide bonds. The van der Waals surface area contributed by atoms with Gasteiger partial charge in [-0.25, -0.2) is 0 Å². The number of quaternary nitrogens is 1. The molecule has 21 heavy (non-hydrogen) atoms. The predicted molar refractivity (Wildman–Crippen MR) is 77.0 cm³/mol. The van der Waals surface area contributed by atoms with Gasteiger partial charge in [0.05, 0.1) is 45.3 Å². The number of aromatic amines is 1. The van der Waals surface area contributed by atoms with Gasteiger partial charge in [-0.15, -0.1) is 0 Å². The maximum absolute atomic E-state index is 12.0. The van der Waals surface area contributed by atoms with E-state index in [0.29, 0.717) is 17.6 Å². The lowest BCUT2D eigenvalue weighted by Crippen LogP contribution is -3.06. The largest absolute Gasteiger partial charge is 0.543 e. The molecule has 1 aromatic heterocycles. The van der Waals surface area contributed by atoms with E-state index in [1.807, 2.05) is 26.2 Å². The Hall–Kier alpha value is -2.34. The highest BCUT2D eigenvalue weighted by atomic mass is 16.4. The lowest BCUT2D eigenvalue weighted by atomic mass is 10.1. The second-order valence-corrected chi connectivity index (χ2v) is 5.30. The van der Waals surface area contributed by atoms with Crippen LogP contribution in [0, 0.1) is 0 Å². The number of aromatic carboxylic acids is 1. The molecule has 0 fully saturated rings. The summed E-state index contributed by atoms with van der Waals surface area (Å²) < 4.78 is 0. The van der Waals surface area contributed by atoms with Gasteiger partial charge < -0.3 is 25.1 Å². The Labute approximate surface area is 122 Å². The monoisotopic (exact) mass is 289 g/mol. The molecular formula is C15H19N3O3. The molecule has 6 nitrogen and oxygen atoms in total. The zero-order chi connectivity index (χ0) is 15.4. The normalized spacial score (nSPS) is 11.0. The van der Waals surface area contributed by atoms with Crippen LogP contribution in [0.4, 0.5) is 0 Å². The number of likely N-dealkylation sites (N-methyl/N-ethyl adjacent to an activating group) is 1. The summed E-state index contributed by atoms with van der Waals surface area (Å²) >= 11 is 0. The van der Waals surface area contributed by atoms with Gasteiger partial charge in [-0.3, -0.25) is 4.79 Å². The van der Waals surface area contributed by atoms with Crippen molar-refractivity contribution in [3.8, 4) is 0 Å². The number of aromatic nitrogens is 1. The van der Waals surface area contributed by atoms with Crippen molar-refractivity contribution in [1.82, 2.24) is 10.3 Å². The van der Waals surface area contributed by atoms with Gasteiger partial charge in [0.1, 0.15) is 0 Å². The maximum Gasteiger partial charge on any atom is 0.224 e. The fourth-order valence-corrected chi connectivity index (χ4v) is 2.23. The number of rotatable bonds is 6. The number of benzene rings is 1. The van der Waals surface area contributed by atoms with E-state index >= 15 is 0 Å². The van der Waals surface area contributed by atoms with E-state index in [1.54, 1.807) is 12.1 Å². The number of carboxylic acid groups (broad SMARTS) is 1. The SMILES string of the molecule is C[NH+](C)CCNC(=O)Cc1c(C(=O)[O-])[nH]c2ccccc12. The van der Waals surface area contributed by atoms with Crippen molar-refractivity contribution in [3.05, 3.63) is 35.5 Å². The van der Waals surface area contributed by atoms with Crippen molar-refractivity contribution >= 4 is 22.8 Å². The fourth-order valence-electron chi connectivity index (χ4n) is 2.23. The van der Waals surface area contributed by atoms with E-state index < -0.39 is 5.97 Å². The molecular weight excluding hydrogens is 270 g/mol. The zero-order valence-corrected chi connectivity index (χ0v) is 12.2. The van der Waals surface area contributed by atoms with Crippen LogP contribution in [0.1, 0.15) is 16.1 Å². The van der Waals surface area contributed by atoms with Crippen molar-refractivity contribution in [2.45, 2.75) is 6.42 Å². The second-order valence-electron chi connectivity index (χ2n) is 5.30. The topological polar surface area (TPSA) is 89.5 Å². The highest BCUT2D eigenvalue weighted by molar-refractivity contribution is 5.99. The molecule has 6 heteroatoms. The number of para-hydroxylation sites is 1. The molecule has 0 atom stereocenters. The molecule has 1 heterocycles. The molecule has 0 aliphatic rings. The van der Waals surface area contributed by atoms with Gasteiger partial charge in [0.25, 0.3) is 0 Å². The van der Waals surface area contributed by atoms with Crippen molar-refractivity contribution in [2.24, 2.45) is 0 Å². The number of fused-ring (bicyclic) bond motifs is 1. The number of hydrogen-bond donors (Lipinski definition) is 3. The molecule has 1 aromatic carbocycles. The van der Waals surface area contributed by atoms with E-state index in [4.69, 9.17) is 0 Å².